The molecule has 0 saturated carbocycles. The molecule has 0 spiro atoms. The van der Waals surface area contributed by atoms with Crippen molar-refractivity contribution in [2.45, 2.75) is 6.10 Å². The molecule has 0 bridgehead atoms. The number of rotatable bonds is 4. The van der Waals surface area contributed by atoms with Crippen molar-refractivity contribution in [2.75, 3.05) is 26.2 Å². The fraction of sp³-hybridized carbons (Fsp3) is 0.385. The predicted molar refractivity (Wildman–Crippen MR) is 68.4 cm³/mol. The molecule has 1 aliphatic rings. The van der Waals surface area contributed by atoms with Crippen molar-refractivity contribution in [3.63, 3.8) is 0 Å². The van der Waals surface area contributed by atoms with Crippen molar-refractivity contribution in [1.29, 1.82) is 0 Å². The summed E-state index contributed by atoms with van der Waals surface area (Å²) in [6.07, 6.45) is 1.86. The molecule has 1 fully saturated rings. The molecule has 1 aromatic carbocycles. The highest BCUT2D eigenvalue weighted by Crippen LogP contribution is 2.24. The molecule has 0 N–H and O–H groups in total. The summed E-state index contributed by atoms with van der Waals surface area (Å²) in [7, 11) is 0. The van der Waals surface area contributed by atoms with Crippen molar-refractivity contribution in [1.82, 2.24) is 4.90 Å². The molecule has 5 nitrogen and oxygen atoms in total. The van der Waals surface area contributed by atoms with Gasteiger partial charge in [0.25, 0.3) is 5.69 Å². The van der Waals surface area contributed by atoms with E-state index in [1.807, 2.05) is 6.08 Å². The fourth-order valence-electron chi connectivity index (χ4n) is 2.06. The van der Waals surface area contributed by atoms with Gasteiger partial charge in [-0.15, -0.1) is 6.58 Å². The van der Waals surface area contributed by atoms with Crippen molar-refractivity contribution in [2.24, 2.45) is 0 Å². The molecule has 96 valence electrons. The van der Waals surface area contributed by atoms with Crippen LogP contribution < -0.4 is 0 Å². The molecule has 1 heterocycles. The van der Waals surface area contributed by atoms with Gasteiger partial charge < -0.3 is 4.74 Å². The standard InChI is InChI=1S/C13H16N2O3/c1-2-7-14-8-9-18-13(10-14)11-3-5-12(6-4-11)15(16)17/h2-6,13H,1,7-10H2. The molecule has 2 rings (SSSR count). The van der Waals surface area contributed by atoms with Crippen LogP contribution in [-0.2, 0) is 4.74 Å². The zero-order valence-corrected chi connectivity index (χ0v) is 10.1. The second-order valence-corrected chi connectivity index (χ2v) is 4.26. The van der Waals surface area contributed by atoms with Crippen LogP contribution in [0.5, 0.6) is 0 Å². The Morgan fingerprint density at radius 2 is 2.22 bits per heavy atom. The molecular formula is C13H16N2O3. The maximum atomic E-state index is 10.6. The van der Waals surface area contributed by atoms with Gasteiger partial charge in [0.05, 0.1) is 17.6 Å². The van der Waals surface area contributed by atoms with Crippen molar-refractivity contribution < 1.29 is 9.66 Å². The summed E-state index contributed by atoms with van der Waals surface area (Å²) < 4.78 is 5.70. The van der Waals surface area contributed by atoms with Crippen LogP contribution in [0.3, 0.4) is 0 Å². The fourth-order valence-corrected chi connectivity index (χ4v) is 2.06. The summed E-state index contributed by atoms with van der Waals surface area (Å²) >= 11 is 0. The number of ether oxygens (including phenoxy) is 1. The summed E-state index contributed by atoms with van der Waals surface area (Å²) in [5.41, 5.74) is 1.09. The molecule has 1 saturated heterocycles. The van der Waals surface area contributed by atoms with Crippen LogP contribution in [0.1, 0.15) is 11.7 Å². The van der Waals surface area contributed by atoms with E-state index in [2.05, 4.69) is 11.5 Å². The van der Waals surface area contributed by atoms with Crippen LogP contribution in [-0.4, -0.2) is 36.1 Å². The van der Waals surface area contributed by atoms with Crippen LogP contribution in [0.15, 0.2) is 36.9 Å². The van der Waals surface area contributed by atoms with E-state index in [4.69, 9.17) is 4.74 Å². The minimum absolute atomic E-state index is 0.0143. The zero-order valence-electron chi connectivity index (χ0n) is 10.1. The maximum absolute atomic E-state index is 10.6. The average Bonchev–Trinajstić information content (AvgIpc) is 2.39. The van der Waals surface area contributed by atoms with Gasteiger partial charge in [0.15, 0.2) is 0 Å². The molecule has 18 heavy (non-hydrogen) atoms. The number of nitrogens with zero attached hydrogens (tertiary/aromatic N) is 2. The van der Waals surface area contributed by atoms with E-state index in [1.165, 1.54) is 12.1 Å². The molecule has 0 aliphatic carbocycles. The monoisotopic (exact) mass is 248 g/mol. The van der Waals surface area contributed by atoms with E-state index >= 15 is 0 Å². The van der Waals surface area contributed by atoms with Gasteiger partial charge in [0.1, 0.15) is 0 Å². The van der Waals surface area contributed by atoms with Crippen molar-refractivity contribution >= 4 is 5.69 Å². The SMILES string of the molecule is C=CCN1CCOC(c2ccc([N+](=O)[O-])cc2)C1. The highest BCUT2D eigenvalue weighted by molar-refractivity contribution is 5.34. The highest BCUT2D eigenvalue weighted by atomic mass is 16.6. The third-order valence-electron chi connectivity index (χ3n) is 3.01. The van der Waals surface area contributed by atoms with Gasteiger partial charge in [-0.3, -0.25) is 15.0 Å². The Morgan fingerprint density at radius 1 is 1.50 bits per heavy atom. The predicted octanol–water partition coefficient (Wildman–Crippen LogP) is 2.15. The molecule has 5 heteroatoms. The minimum atomic E-state index is -0.393. The third kappa shape index (κ3) is 2.94. The summed E-state index contributed by atoms with van der Waals surface area (Å²) in [5.74, 6) is 0. The number of nitro groups is 1. The molecule has 1 aromatic rings. The van der Waals surface area contributed by atoms with Gasteiger partial charge in [0.2, 0.25) is 0 Å². The van der Waals surface area contributed by atoms with Crippen LogP contribution >= 0.6 is 0 Å². The summed E-state index contributed by atoms with van der Waals surface area (Å²) in [4.78, 5) is 12.4. The van der Waals surface area contributed by atoms with E-state index in [-0.39, 0.29) is 11.8 Å². The average molecular weight is 248 g/mol. The summed E-state index contributed by atoms with van der Waals surface area (Å²) in [6.45, 7) is 6.94. The van der Waals surface area contributed by atoms with Crippen LogP contribution in [0, 0.1) is 10.1 Å². The Labute approximate surface area is 106 Å². The first kappa shape index (κ1) is 12.7. The van der Waals surface area contributed by atoms with Gasteiger partial charge in [0, 0.05) is 31.8 Å². The van der Waals surface area contributed by atoms with Crippen molar-refractivity contribution in [3.8, 4) is 0 Å². The zero-order chi connectivity index (χ0) is 13.0. The topological polar surface area (TPSA) is 55.6 Å². The molecule has 0 aromatic heterocycles. The molecule has 0 radical (unpaired) electrons. The Morgan fingerprint density at radius 3 is 2.83 bits per heavy atom. The molecule has 0 amide bonds. The summed E-state index contributed by atoms with van der Waals surface area (Å²) in [6, 6.07) is 6.57. The molecule has 1 unspecified atom stereocenters. The van der Waals surface area contributed by atoms with E-state index in [0.29, 0.717) is 6.61 Å². The lowest BCUT2D eigenvalue weighted by molar-refractivity contribution is -0.384. The van der Waals surface area contributed by atoms with E-state index in [1.54, 1.807) is 12.1 Å². The minimum Gasteiger partial charge on any atom is -0.371 e. The largest absolute Gasteiger partial charge is 0.371 e. The Bertz CT molecular complexity index is 430. The van der Waals surface area contributed by atoms with Crippen LogP contribution in [0.2, 0.25) is 0 Å². The Hall–Kier alpha value is -1.72. The van der Waals surface area contributed by atoms with E-state index < -0.39 is 4.92 Å². The van der Waals surface area contributed by atoms with Gasteiger partial charge in [-0.1, -0.05) is 6.08 Å². The lowest BCUT2D eigenvalue weighted by Crippen LogP contribution is -2.38. The Kier molecular flexibility index (Phi) is 4.07. The second-order valence-electron chi connectivity index (χ2n) is 4.26. The lowest BCUT2D eigenvalue weighted by Gasteiger charge is -2.32. The van der Waals surface area contributed by atoms with Gasteiger partial charge in [-0.05, 0) is 17.7 Å². The maximum Gasteiger partial charge on any atom is 0.269 e. The molecular weight excluding hydrogens is 232 g/mol. The molecule has 1 aliphatic heterocycles. The number of hydrogen-bond acceptors (Lipinski definition) is 4. The van der Waals surface area contributed by atoms with Gasteiger partial charge in [-0.2, -0.15) is 0 Å². The number of morpholine rings is 1. The van der Waals surface area contributed by atoms with E-state index in [9.17, 15) is 10.1 Å². The smallest absolute Gasteiger partial charge is 0.269 e. The van der Waals surface area contributed by atoms with Crippen LogP contribution in [0.4, 0.5) is 5.69 Å². The first-order valence-electron chi connectivity index (χ1n) is 5.90. The number of nitro benzene ring substituents is 1. The first-order chi connectivity index (χ1) is 8.70. The molecule has 1 atom stereocenters. The normalized spacial score (nSPS) is 20.6. The van der Waals surface area contributed by atoms with Crippen molar-refractivity contribution in [3.05, 3.63) is 52.6 Å². The number of non-ortho nitro benzene ring substituents is 1. The lowest BCUT2D eigenvalue weighted by atomic mass is 10.1. The number of benzene rings is 1. The van der Waals surface area contributed by atoms with E-state index in [0.717, 1.165) is 25.2 Å². The second kappa shape index (κ2) is 5.75. The van der Waals surface area contributed by atoms with Gasteiger partial charge >= 0.3 is 0 Å². The third-order valence-corrected chi connectivity index (χ3v) is 3.01. The highest BCUT2D eigenvalue weighted by Gasteiger charge is 2.21. The first-order valence-corrected chi connectivity index (χ1v) is 5.90. The van der Waals surface area contributed by atoms with Crippen LogP contribution in [0.25, 0.3) is 0 Å². The Balaban J connectivity index is 2.06. The quantitative estimate of drug-likeness (QED) is 0.465. The van der Waals surface area contributed by atoms with Gasteiger partial charge in [-0.25, -0.2) is 0 Å². The number of hydrogen-bond donors (Lipinski definition) is 0. The summed E-state index contributed by atoms with van der Waals surface area (Å²) in [5, 5.41) is 10.6.